The second-order valence-electron chi connectivity index (χ2n) is 2.27. The van der Waals surface area contributed by atoms with Crippen molar-refractivity contribution in [3.8, 4) is 17.6 Å². The number of ether oxygens (including phenoxy) is 2. The third-order valence-corrected chi connectivity index (χ3v) is 1.61. The lowest BCUT2D eigenvalue weighted by molar-refractivity contribution is 0.351. The van der Waals surface area contributed by atoms with Crippen molar-refractivity contribution in [2.24, 2.45) is 0 Å². The van der Waals surface area contributed by atoms with Gasteiger partial charge in [-0.3, -0.25) is 0 Å². The summed E-state index contributed by atoms with van der Waals surface area (Å²) in [4.78, 5) is 0. The molecule has 0 amide bonds. The third-order valence-electron chi connectivity index (χ3n) is 1.61. The Balaban J connectivity index is 3.38. The quantitative estimate of drug-likeness (QED) is 0.697. The van der Waals surface area contributed by atoms with Crippen LogP contribution in [-0.2, 0) is 0 Å². The summed E-state index contributed by atoms with van der Waals surface area (Å²) in [5, 5.41) is 8.62. The van der Waals surface area contributed by atoms with E-state index in [9.17, 15) is 4.39 Å². The number of methoxy groups -OCH3 is 2. The number of nitrogens with zero attached hydrogens (tertiary/aromatic N) is 1. The summed E-state index contributed by atoms with van der Waals surface area (Å²) in [6.07, 6.45) is 0. The first-order valence-electron chi connectivity index (χ1n) is 3.55. The summed E-state index contributed by atoms with van der Waals surface area (Å²) in [7, 11) is 2.79. The van der Waals surface area contributed by atoms with Gasteiger partial charge >= 0.3 is 0 Å². The van der Waals surface area contributed by atoms with E-state index in [-0.39, 0.29) is 11.3 Å². The summed E-state index contributed by atoms with van der Waals surface area (Å²) in [5.41, 5.74) is -0.137. The molecule has 0 unspecified atom stereocenters. The molecule has 3 nitrogen and oxygen atoms in total. The van der Waals surface area contributed by atoms with Crippen LogP contribution in [-0.4, -0.2) is 14.2 Å². The molecule has 1 aromatic carbocycles. The number of halogens is 1. The fraction of sp³-hybridized carbons (Fsp3) is 0.222. The van der Waals surface area contributed by atoms with Crippen LogP contribution in [0.3, 0.4) is 0 Å². The molecule has 1 rings (SSSR count). The Hall–Kier alpha value is -1.76. The fourth-order valence-electron chi connectivity index (χ4n) is 1.01. The normalized spacial score (nSPS) is 9.08. The summed E-state index contributed by atoms with van der Waals surface area (Å²) < 4.78 is 22.7. The zero-order chi connectivity index (χ0) is 9.84. The highest BCUT2D eigenvalue weighted by atomic mass is 19.1. The van der Waals surface area contributed by atoms with Crippen LogP contribution in [0.1, 0.15) is 5.56 Å². The molecule has 0 aromatic heterocycles. The molecule has 4 heteroatoms. The van der Waals surface area contributed by atoms with Crippen LogP contribution in [0.4, 0.5) is 4.39 Å². The van der Waals surface area contributed by atoms with Gasteiger partial charge in [0.15, 0.2) is 11.5 Å². The number of nitriles is 1. The van der Waals surface area contributed by atoms with Crippen LogP contribution >= 0.6 is 0 Å². The van der Waals surface area contributed by atoms with E-state index >= 15 is 0 Å². The highest BCUT2D eigenvalue weighted by molar-refractivity contribution is 5.53. The molecule has 0 N–H and O–H groups in total. The maximum Gasteiger partial charge on any atom is 0.181 e. The Kier molecular flexibility index (Phi) is 2.70. The van der Waals surface area contributed by atoms with Crippen LogP contribution in [0, 0.1) is 17.1 Å². The number of hydrogen-bond donors (Lipinski definition) is 0. The molecular formula is C9H8FNO2. The van der Waals surface area contributed by atoms with E-state index in [2.05, 4.69) is 0 Å². The van der Waals surface area contributed by atoms with Crippen LogP contribution < -0.4 is 9.47 Å². The van der Waals surface area contributed by atoms with E-state index in [1.54, 1.807) is 6.07 Å². The van der Waals surface area contributed by atoms with Crippen molar-refractivity contribution in [2.75, 3.05) is 14.2 Å². The van der Waals surface area contributed by atoms with E-state index in [0.29, 0.717) is 5.75 Å². The summed E-state index contributed by atoms with van der Waals surface area (Å²) in [6.45, 7) is 0. The molecule has 0 atom stereocenters. The van der Waals surface area contributed by atoms with E-state index < -0.39 is 5.82 Å². The molecule has 1 aromatic rings. The molecular weight excluding hydrogens is 173 g/mol. The Morgan fingerprint density at radius 2 is 2.00 bits per heavy atom. The molecule has 68 valence electrons. The van der Waals surface area contributed by atoms with Crippen LogP contribution in [0.2, 0.25) is 0 Å². The van der Waals surface area contributed by atoms with Gasteiger partial charge in [-0.15, -0.1) is 0 Å². The smallest absolute Gasteiger partial charge is 0.181 e. The van der Waals surface area contributed by atoms with Gasteiger partial charge in [-0.2, -0.15) is 5.26 Å². The largest absolute Gasteiger partial charge is 0.493 e. The second kappa shape index (κ2) is 3.76. The molecule has 0 aliphatic rings. The van der Waals surface area contributed by atoms with Gasteiger partial charge in [-0.05, 0) is 12.1 Å². The molecule has 13 heavy (non-hydrogen) atoms. The van der Waals surface area contributed by atoms with E-state index in [4.69, 9.17) is 14.7 Å². The Morgan fingerprint density at radius 1 is 1.31 bits per heavy atom. The molecule has 0 saturated heterocycles. The van der Waals surface area contributed by atoms with Crippen LogP contribution in [0.15, 0.2) is 12.1 Å². The van der Waals surface area contributed by atoms with E-state index in [0.717, 1.165) is 0 Å². The minimum atomic E-state index is -0.611. The van der Waals surface area contributed by atoms with Gasteiger partial charge in [-0.1, -0.05) is 0 Å². The van der Waals surface area contributed by atoms with Gasteiger partial charge in [-0.25, -0.2) is 4.39 Å². The Morgan fingerprint density at radius 3 is 2.46 bits per heavy atom. The zero-order valence-corrected chi connectivity index (χ0v) is 7.30. The molecule has 0 fully saturated rings. The first kappa shape index (κ1) is 9.33. The molecule has 0 aliphatic carbocycles. The molecule has 0 bridgehead atoms. The first-order chi connectivity index (χ1) is 6.24. The van der Waals surface area contributed by atoms with Crippen molar-refractivity contribution in [1.82, 2.24) is 0 Å². The lowest BCUT2D eigenvalue weighted by Gasteiger charge is -2.08. The standard InChI is InChI=1S/C9H8FNO2/c1-12-8-4-3-7(10)6(5-11)9(8)13-2/h3-4H,1-2H3. The average molecular weight is 181 g/mol. The Labute approximate surface area is 75.3 Å². The summed E-state index contributed by atoms with van der Waals surface area (Å²) in [6, 6.07) is 4.29. The highest BCUT2D eigenvalue weighted by Gasteiger charge is 2.13. The predicted molar refractivity (Wildman–Crippen MR) is 44.2 cm³/mol. The van der Waals surface area contributed by atoms with Gasteiger partial charge in [0.1, 0.15) is 17.4 Å². The zero-order valence-electron chi connectivity index (χ0n) is 7.30. The fourth-order valence-corrected chi connectivity index (χ4v) is 1.01. The van der Waals surface area contributed by atoms with Crippen molar-refractivity contribution in [3.63, 3.8) is 0 Å². The van der Waals surface area contributed by atoms with Crippen LogP contribution in [0.5, 0.6) is 11.5 Å². The molecule has 0 radical (unpaired) electrons. The lowest BCUT2D eigenvalue weighted by Crippen LogP contribution is -1.95. The molecule has 0 heterocycles. The lowest BCUT2D eigenvalue weighted by atomic mass is 10.2. The van der Waals surface area contributed by atoms with E-state index in [1.807, 2.05) is 0 Å². The Bertz CT molecular complexity index is 357. The SMILES string of the molecule is COc1ccc(F)c(C#N)c1OC. The van der Waals surface area contributed by atoms with Crippen molar-refractivity contribution in [3.05, 3.63) is 23.5 Å². The molecule has 0 saturated carbocycles. The van der Waals surface area contributed by atoms with Gasteiger partial charge in [0.25, 0.3) is 0 Å². The van der Waals surface area contributed by atoms with E-state index in [1.165, 1.54) is 26.4 Å². The third kappa shape index (κ3) is 1.54. The number of rotatable bonds is 2. The molecule has 0 aliphatic heterocycles. The maximum absolute atomic E-state index is 13.0. The number of hydrogen-bond acceptors (Lipinski definition) is 3. The topological polar surface area (TPSA) is 42.2 Å². The highest BCUT2D eigenvalue weighted by Crippen LogP contribution is 2.31. The maximum atomic E-state index is 13.0. The minimum absolute atomic E-state index is 0.130. The van der Waals surface area contributed by atoms with Crippen molar-refractivity contribution >= 4 is 0 Å². The molecule has 0 spiro atoms. The second-order valence-corrected chi connectivity index (χ2v) is 2.27. The van der Waals surface area contributed by atoms with Gasteiger partial charge in [0.05, 0.1) is 14.2 Å². The first-order valence-corrected chi connectivity index (χ1v) is 3.55. The van der Waals surface area contributed by atoms with Crippen molar-refractivity contribution < 1.29 is 13.9 Å². The summed E-state index contributed by atoms with van der Waals surface area (Å²) in [5.74, 6) is -0.134. The minimum Gasteiger partial charge on any atom is -0.493 e. The van der Waals surface area contributed by atoms with Gasteiger partial charge < -0.3 is 9.47 Å². The van der Waals surface area contributed by atoms with Crippen LogP contribution in [0.25, 0.3) is 0 Å². The predicted octanol–water partition coefficient (Wildman–Crippen LogP) is 1.71. The number of benzene rings is 1. The monoisotopic (exact) mass is 181 g/mol. The van der Waals surface area contributed by atoms with Crippen molar-refractivity contribution in [2.45, 2.75) is 0 Å². The average Bonchev–Trinajstić information content (AvgIpc) is 2.17. The summed E-state index contributed by atoms with van der Waals surface area (Å²) >= 11 is 0. The van der Waals surface area contributed by atoms with Crippen molar-refractivity contribution in [1.29, 1.82) is 5.26 Å². The van der Waals surface area contributed by atoms with Gasteiger partial charge in [0.2, 0.25) is 0 Å². The van der Waals surface area contributed by atoms with Gasteiger partial charge in [0, 0.05) is 0 Å².